The van der Waals surface area contributed by atoms with Gasteiger partial charge in [-0.2, -0.15) is 0 Å². The maximum Gasteiger partial charge on any atom is 0.271 e. The summed E-state index contributed by atoms with van der Waals surface area (Å²) in [5.74, 6) is 0.406. The molecule has 2 aromatic rings. The lowest BCUT2D eigenvalue weighted by molar-refractivity contribution is 0.910. The van der Waals surface area contributed by atoms with Crippen molar-refractivity contribution in [2.45, 2.75) is 6.42 Å². The first-order valence-corrected chi connectivity index (χ1v) is 5.04. The van der Waals surface area contributed by atoms with Gasteiger partial charge in [-0.25, -0.2) is 0 Å². The van der Waals surface area contributed by atoms with Gasteiger partial charge in [-0.05, 0) is 12.0 Å². The van der Waals surface area contributed by atoms with E-state index in [-0.39, 0.29) is 5.56 Å². The predicted octanol–water partition coefficient (Wildman–Crippen LogP) is 0.819. The van der Waals surface area contributed by atoms with E-state index >= 15 is 0 Å². The van der Waals surface area contributed by atoms with E-state index < -0.39 is 0 Å². The van der Waals surface area contributed by atoms with Gasteiger partial charge < -0.3 is 5.32 Å². The van der Waals surface area contributed by atoms with E-state index in [0.29, 0.717) is 12.5 Å². The Morgan fingerprint density at radius 2 is 2.06 bits per heavy atom. The number of nitrogens with zero attached hydrogens (tertiary/aromatic N) is 2. The molecule has 0 amide bonds. The lowest BCUT2D eigenvalue weighted by Crippen LogP contribution is -2.14. The molecule has 1 heterocycles. The van der Waals surface area contributed by atoms with Gasteiger partial charge in [0.2, 0.25) is 5.95 Å². The smallest absolute Gasteiger partial charge is 0.271 e. The summed E-state index contributed by atoms with van der Waals surface area (Å²) in [5.41, 5.74) is 0.985. The van der Waals surface area contributed by atoms with Crippen LogP contribution < -0.4 is 10.9 Å². The van der Waals surface area contributed by atoms with Crippen molar-refractivity contribution in [3.05, 3.63) is 52.4 Å². The van der Waals surface area contributed by atoms with Crippen LogP contribution >= 0.6 is 0 Å². The molecule has 0 saturated heterocycles. The summed E-state index contributed by atoms with van der Waals surface area (Å²) in [4.78, 5) is 13.5. The molecule has 0 fully saturated rings. The Bertz CT molecular complexity index is 495. The Kier molecular flexibility index (Phi) is 3.28. The molecule has 0 atom stereocenters. The van der Waals surface area contributed by atoms with Gasteiger partial charge in [0.25, 0.3) is 5.56 Å². The molecular formula is C11H12N4O. The van der Waals surface area contributed by atoms with E-state index in [1.54, 1.807) is 0 Å². The topological polar surface area (TPSA) is 70.7 Å². The Labute approximate surface area is 92.6 Å². The number of rotatable bonds is 4. The van der Waals surface area contributed by atoms with Crippen molar-refractivity contribution < 1.29 is 0 Å². The molecule has 0 aliphatic heterocycles. The van der Waals surface area contributed by atoms with E-state index in [9.17, 15) is 4.79 Å². The van der Waals surface area contributed by atoms with E-state index in [1.807, 2.05) is 18.2 Å². The first-order chi connectivity index (χ1) is 7.84. The van der Waals surface area contributed by atoms with E-state index in [2.05, 4.69) is 32.6 Å². The Hall–Kier alpha value is -2.17. The molecule has 0 bridgehead atoms. The average Bonchev–Trinajstić information content (AvgIpc) is 2.30. The molecule has 5 heteroatoms. The quantitative estimate of drug-likeness (QED) is 0.793. The Morgan fingerprint density at radius 3 is 2.81 bits per heavy atom. The van der Waals surface area contributed by atoms with E-state index in [1.165, 1.54) is 5.56 Å². The molecule has 5 nitrogen and oxygen atoms in total. The van der Waals surface area contributed by atoms with Crippen molar-refractivity contribution in [1.82, 2.24) is 15.2 Å². The number of aromatic nitrogens is 3. The minimum Gasteiger partial charge on any atom is -0.354 e. The van der Waals surface area contributed by atoms with Gasteiger partial charge in [-0.3, -0.25) is 9.78 Å². The minimum atomic E-state index is -0.253. The summed E-state index contributed by atoms with van der Waals surface area (Å²) in [5, 5.41) is 10.3. The molecule has 0 radical (unpaired) electrons. The highest BCUT2D eigenvalue weighted by Gasteiger charge is 1.95. The number of hydrogen-bond donors (Lipinski definition) is 2. The van der Waals surface area contributed by atoms with Crippen LogP contribution in [0.1, 0.15) is 5.56 Å². The van der Waals surface area contributed by atoms with Crippen LogP contribution in [0, 0.1) is 0 Å². The van der Waals surface area contributed by atoms with Gasteiger partial charge in [0.05, 0.1) is 0 Å². The lowest BCUT2D eigenvalue weighted by atomic mass is 10.1. The van der Waals surface area contributed by atoms with Crippen LogP contribution in [0.2, 0.25) is 0 Å². The molecule has 0 spiro atoms. The Balaban J connectivity index is 1.87. The molecule has 0 aliphatic rings. The summed E-state index contributed by atoms with van der Waals surface area (Å²) in [6.07, 6.45) is 2.02. The largest absolute Gasteiger partial charge is 0.354 e. The van der Waals surface area contributed by atoms with Crippen LogP contribution in [-0.2, 0) is 6.42 Å². The highest BCUT2D eigenvalue weighted by molar-refractivity contribution is 5.22. The molecule has 1 aromatic carbocycles. The van der Waals surface area contributed by atoms with Gasteiger partial charge in [0.15, 0.2) is 0 Å². The third-order valence-corrected chi connectivity index (χ3v) is 2.12. The molecule has 1 aromatic heterocycles. The fraction of sp³-hybridized carbons (Fsp3) is 0.182. The number of anilines is 1. The minimum absolute atomic E-state index is 0.253. The zero-order chi connectivity index (χ0) is 11.2. The highest BCUT2D eigenvalue weighted by atomic mass is 16.1. The number of H-pyrrole nitrogens is 1. The van der Waals surface area contributed by atoms with Crippen molar-refractivity contribution >= 4 is 5.95 Å². The summed E-state index contributed by atoms with van der Waals surface area (Å²) < 4.78 is 0. The predicted molar refractivity (Wildman–Crippen MR) is 61.3 cm³/mol. The Morgan fingerprint density at radius 1 is 1.25 bits per heavy atom. The third kappa shape index (κ3) is 2.91. The maximum atomic E-state index is 10.9. The van der Waals surface area contributed by atoms with Crippen LogP contribution in [0.25, 0.3) is 0 Å². The van der Waals surface area contributed by atoms with Crippen molar-refractivity contribution in [3.8, 4) is 0 Å². The molecule has 0 saturated carbocycles. The molecule has 2 N–H and O–H groups in total. The second-order valence-corrected chi connectivity index (χ2v) is 3.34. The van der Waals surface area contributed by atoms with Crippen molar-refractivity contribution in [3.63, 3.8) is 0 Å². The lowest BCUT2D eigenvalue weighted by Gasteiger charge is -2.03. The summed E-state index contributed by atoms with van der Waals surface area (Å²) in [6.45, 7) is 0.707. The maximum absolute atomic E-state index is 10.9. The summed E-state index contributed by atoms with van der Waals surface area (Å²) in [6, 6.07) is 10.1. The number of aromatic amines is 1. The average molecular weight is 216 g/mol. The van der Waals surface area contributed by atoms with Crippen molar-refractivity contribution in [2.75, 3.05) is 11.9 Å². The van der Waals surface area contributed by atoms with Crippen LogP contribution in [0.3, 0.4) is 0 Å². The molecule has 0 aliphatic carbocycles. The van der Waals surface area contributed by atoms with Gasteiger partial charge >= 0.3 is 0 Å². The first kappa shape index (κ1) is 10.4. The highest BCUT2D eigenvalue weighted by Crippen LogP contribution is 1.99. The molecule has 82 valence electrons. The number of hydrogen-bond acceptors (Lipinski definition) is 4. The SMILES string of the molecule is O=c1cnnc(NCCc2ccccc2)[nH]1. The van der Waals surface area contributed by atoms with Crippen LogP contribution in [0.15, 0.2) is 41.3 Å². The molecule has 2 rings (SSSR count). The van der Waals surface area contributed by atoms with E-state index in [4.69, 9.17) is 0 Å². The van der Waals surface area contributed by atoms with Gasteiger partial charge in [0.1, 0.15) is 6.20 Å². The van der Waals surface area contributed by atoms with Gasteiger partial charge in [-0.15, -0.1) is 10.2 Å². The number of benzene rings is 1. The zero-order valence-corrected chi connectivity index (χ0v) is 8.68. The molecular weight excluding hydrogens is 204 g/mol. The van der Waals surface area contributed by atoms with Crippen molar-refractivity contribution in [1.29, 1.82) is 0 Å². The van der Waals surface area contributed by atoms with Crippen LogP contribution in [0.4, 0.5) is 5.95 Å². The van der Waals surface area contributed by atoms with Crippen LogP contribution in [-0.4, -0.2) is 21.7 Å². The second kappa shape index (κ2) is 5.06. The van der Waals surface area contributed by atoms with Crippen molar-refractivity contribution in [2.24, 2.45) is 0 Å². The summed E-state index contributed by atoms with van der Waals surface area (Å²) >= 11 is 0. The zero-order valence-electron chi connectivity index (χ0n) is 8.68. The van der Waals surface area contributed by atoms with E-state index in [0.717, 1.165) is 12.6 Å². The monoisotopic (exact) mass is 216 g/mol. The number of nitrogens with one attached hydrogen (secondary N) is 2. The third-order valence-electron chi connectivity index (χ3n) is 2.12. The fourth-order valence-corrected chi connectivity index (χ4v) is 1.36. The van der Waals surface area contributed by atoms with Gasteiger partial charge in [0, 0.05) is 6.54 Å². The van der Waals surface area contributed by atoms with Gasteiger partial charge in [-0.1, -0.05) is 30.3 Å². The first-order valence-electron chi connectivity index (χ1n) is 5.04. The molecule has 16 heavy (non-hydrogen) atoms. The van der Waals surface area contributed by atoms with Crippen LogP contribution in [0.5, 0.6) is 0 Å². The standard InChI is InChI=1S/C11H12N4O/c16-10-8-13-15-11(14-10)12-7-6-9-4-2-1-3-5-9/h1-5,8H,6-7H2,(H2,12,14,15,16). The summed E-state index contributed by atoms with van der Waals surface area (Å²) in [7, 11) is 0. The normalized spacial score (nSPS) is 10.0. The molecule has 0 unspecified atom stereocenters. The fourth-order valence-electron chi connectivity index (χ4n) is 1.36. The second-order valence-electron chi connectivity index (χ2n) is 3.34.